The Morgan fingerprint density at radius 2 is 1.62 bits per heavy atom. The molecule has 0 aliphatic heterocycles. The summed E-state index contributed by atoms with van der Waals surface area (Å²) in [4.78, 5) is 0. The Hall–Kier alpha value is -2.22. The number of nitrogens with zero attached hydrogens (tertiary/aromatic N) is 1. The van der Waals surface area contributed by atoms with Crippen LogP contribution in [0.25, 0.3) is 10.9 Å². The maximum atomic E-state index is 3.56. The standard InChI is InChI=1S/C19H22N2/c1-13-9-14(2)11-16(10-13)20-12-19-15(3)17-7-5-6-8-18(17)21(19)4/h5-11,20H,12H2,1-4H3. The van der Waals surface area contributed by atoms with Crippen LogP contribution in [0.2, 0.25) is 0 Å². The highest BCUT2D eigenvalue weighted by atomic mass is 15.0. The molecule has 0 saturated heterocycles. The first-order valence-corrected chi connectivity index (χ1v) is 7.41. The van der Waals surface area contributed by atoms with Crippen LogP contribution in [0.1, 0.15) is 22.4 Å². The summed E-state index contributed by atoms with van der Waals surface area (Å²) in [5.41, 5.74) is 7.79. The quantitative estimate of drug-likeness (QED) is 0.734. The Labute approximate surface area is 126 Å². The number of benzene rings is 2. The van der Waals surface area contributed by atoms with Gasteiger partial charge in [0.1, 0.15) is 0 Å². The van der Waals surface area contributed by atoms with Crippen molar-refractivity contribution >= 4 is 16.6 Å². The predicted molar refractivity (Wildman–Crippen MR) is 90.9 cm³/mol. The minimum Gasteiger partial charge on any atom is -0.379 e. The van der Waals surface area contributed by atoms with Gasteiger partial charge in [-0.15, -0.1) is 0 Å². The Balaban J connectivity index is 1.92. The van der Waals surface area contributed by atoms with Crippen LogP contribution in [0.3, 0.4) is 0 Å². The molecule has 1 aromatic heterocycles. The molecule has 3 aromatic rings. The fraction of sp³-hybridized carbons (Fsp3) is 0.263. The van der Waals surface area contributed by atoms with Gasteiger partial charge in [0.05, 0.1) is 6.54 Å². The molecule has 0 aliphatic rings. The SMILES string of the molecule is Cc1cc(C)cc(NCc2c(C)c3ccccc3n2C)c1. The van der Waals surface area contributed by atoms with E-state index in [0.29, 0.717) is 0 Å². The monoisotopic (exact) mass is 278 g/mol. The second kappa shape index (κ2) is 5.28. The summed E-state index contributed by atoms with van der Waals surface area (Å²) in [5, 5.41) is 4.91. The maximum Gasteiger partial charge on any atom is 0.0556 e. The molecule has 0 spiro atoms. The van der Waals surface area contributed by atoms with E-state index in [2.05, 4.69) is 80.2 Å². The van der Waals surface area contributed by atoms with E-state index in [1.54, 1.807) is 0 Å². The van der Waals surface area contributed by atoms with Crippen LogP contribution >= 0.6 is 0 Å². The van der Waals surface area contributed by atoms with Crippen molar-refractivity contribution < 1.29 is 0 Å². The molecule has 0 aliphatic carbocycles. The summed E-state index contributed by atoms with van der Waals surface area (Å²) in [5.74, 6) is 0. The van der Waals surface area contributed by atoms with Gasteiger partial charge in [-0.25, -0.2) is 0 Å². The summed E-state index contributed by atoms with van der Waals surface area (Å²) < 4.78 is 2.29. The Morgan fingerprint density at radius 1 is 0.952 bits per heavy atom. The van der Waals surface area contributed by atoms with Crippen LogP contribution in [0.4, 0.5) is 5.69 Å². The molecule has 0 fully saturated rings. The van der Waals surface area contributed by atoms with Gasteiger partial charge >= 0.3 is 0 Å². The van der Waals surface area contributed by atoms with E-state index in [1.165, 1.54) is 39.0 Å². The fourth-order valence-electron chi connectivity index (χ4n) is 3.15. The molecular formula is C19H22N2. The summed E-state index contributed by atoms with van der Waals surface area (Å²) >= 11 is 0. The first-order valence-electron chi connectivity index (χ1n) is 7.41. The number of aryl methyl sites for hydroxylation is 4. The highest BCUT2D eigenvalue weighted by Crippen LogP contribution is 2.25. The summed E-state index contributed by atoms with van der Waals surface area (Å²) in [6.07, 6.45) is 0. The second-order valence-corrected chi connectivity index (χ2v) is 5.88. The number of hydrogen-bond donors (Lipinski definition) is 1. The number of fused-ring (bicyclic) bond motifs is 1. The zero-order chi connectivity index (χ0) is 15.0. The fourth-order valence-corrected chi connectivity index (χ4v) is 3.15. The first kappa shape index (κ1) is 13.7. The lowest BCUT2D eigenvalue weighted by Gasteiger charge is -2.11. The molecule has 2 heteroatoms. The van der Waals surface area contributed by atoms with Crippen LogP contribution in [-0.2, 0) is 13.6 Å². The largest absolute Gasteiger partial charge is 0.379 e. The van der Waals surface area contributed by atoms with Crippen molar-refractivity contribution in [3.8, 4) is 0 Å². The maximum absolute atomic E-state index is 3.56. The molecule has 0 bridgehead atoms. The summed E-state index contributed by atoms with van der Waals surface area (Å²) in [7, 11) is 2.15. The summed E-state index contributed by atoms with van der Waals surface area (Å²) in [6, 6.07) is 15.2. The van der Waals surface area contributed by atoms with Gasteiger partial charge in [0.15, 0.2) is 0 Å². The number of para-hydroxylation sites is 1. The summed E-state index contributed by atoms with van der Waals surface area (Å²) in [6.45, 7) is 7.33. The van der Waals surface area contributed by atoms with Crippen molar-refractivity contribution in [1.82, 2.24) is 4.57 Å². The van der Waals surface area contributed by atoms with E-state index in [0.717, 1.165) is 6.54 Å². The van der Waals surface area contributed by atoms with Crippen molar-refractivity contribution in [3.05, 3.63) is 64.8 Å². The molecule has 0 amide bonds. The molecule has 1 heterocycles. The van der Waals surface area contributed by atoms with E-state index in [-0.39, 0.29) is 0 Å². The van der Waals surface area contributed by atoms with Crippen LogP contribution in [0.5, 0.6) is 0 Å². The Kier molecular flexibility index (Phi) is 3.46. The number of hydrogen-bond acceptors (Lipinski definition) is 1. The third-order valence-electron chi connectivity index (χ3n) is 4.19. The molecular weight excluding hydrogens is 256 g/mol. The molecule has 0 unspecified atom stereocenters. The topological polar surface area (TPSA) is 17.0 Å². The van der Waals surface area contributed by atoms with E-state index < -0.39 is 0 Å². The number of aromatic nitrogens is 1. The van der Waals surface area contributed by atoms with Gasteiger partial charge in [0.25, 0.3) is 0 Å². The van der Waals surface area contributed by atoms with E-state index >= 15 is 0 Å². The van der Waals surface area contributed by atoms with Gasteiger partial charge in [0, 0.05) is 29.3 Å². The minimum atomic E-state index is 0.847. The van der Waals surface area contributed by atoms with E-state index in [1.807, 2.05) is 0 Å². The van der Waals surface area contributed by atoms with E-state index in [4.69, 9.17) is 0 Å². The molecule has 1 N–H and O–H groups in total. The van der Waals surface area contributed by atoms with Crippen LogP contribution in [0.15, 0.2) is 42.5 Å². The smallest absolute Gasteiger partial charge is 0.0556 e. The van der Waals surface area contributed by atoms with Crippen molar-refractivity contribution in [1.29, 1.82) is 0 Å². The number of anilines is 1. The molecule has 0 radical (unpaired) electrons. The lowest BCUT2D eigenvalue weighted by atomic mass is 10.1. The predicted octanol–water partition coefficient (Wildman–Crippen LogP) is 4.72. The average Bonchev–Trinajstić information content (AvgIpc) is 2.69. The first-order chi connectivity index (χ1) is 10.1. The number of rotatable bonds is 3. The highest BCUT2D eigenvalue weighted by molar-refractivity contribution is 5.85. The molecule has 21 heavy (non-hydrogen) atoms. The van der Waals surface area contributed by atoms with Gasteiger partial charge in [-0.3, -0.25) is 0 Å². The van der Waals surface area contributed by atoms with Crippen LogP contribution < -0.4 is 5.32 Å². The zero-order valence-corrected chi connectivity index (χ0v) is 13.2. The lowest BCUT2D eigenvalue weighted by molar-refractivity contribution is 0.862. The molecule has 108 valence electrons. The van der Waals surface area contributed by atoms with Gasteiger partial charge in [-0.2, -0.15) is 0 Å². The number of nitrogens with one attached hydrogen (secondary N) is 1. The second-order valence-electron chi connectivity index (χ2n) is 5.88. The molecule has 2 aromatic carbocycles. The molecule has 3 rings (SSSR count). The van der Waals surface area contributed by atoms with Gasteiger partial charge in [0.2, 0.25) is 0 Å². The molecule has 0 saturated carbocycles. The zero-order valence-electron chi connectivity index (χ0n) is 13.2. The van der Waals surface area contributed by atoms with Gasteiger partial charge in [-0.05, 0) is 55.7 Å². The lowest BCUT2D eigenvalue weighted by Crippen LogP contribution is -2.06. The van der Waals surface area contributed by atoms with Crippen LogP contribution in [0, 0.1) is 20.8 Å². The van der Waals surface area contributed by atoms with Crippen LogP contribution in [-0.4, -0.2) is 4.57 Å². The normalized spacial score (nSPS) is 11.0. The van der Waals surface area contributed by atoms with Crippen molar-refractivity contribution in [3.63, 3.8) is 0 Å². The molecule has 2 nitrogen and oxygen atoms in total. The van der Waals surface area contributed by atoms with Crippen molar-refractivity contribution in [2.75, 3.05) is 5.32 Å². The molecule has 0 atom stereocenters. The van der Waals surface area contributed by atoms with Crippen molar-refractivity contribution in [2.24, 2.45) is 7.05 Å². The third kappa shape index (κ3) is 2.54. The third-order valence-corrected chi connectivity index (χ3v) is 4.19. The Morgan fingerprint density at radius 3 is 2.29 bits per heavy atom. The van der Waals surface area contributed by atoms with Gasteiger partial charge in [-0.1, -0.05) is 24.3 Å². The van der Waals surface area contributed by atoms with Gasteiger partial charge < -0.3 is 9.88 Å². The Bertz CT molecular complexity index is 737. The average molecular weight is 278 g/mol. The van der Waals surface area contributed by atoms with Crippen molar-refractivity contribution in [2.45, 2.75) is 27.3 Å². The minimum absolute atomic E-state index is 0.847. The highest BCUT2D eigenvalue weighted by Gasteiger charge is 2.10. The van der Waals surface area contributed by atoms with E-state index in [9.17, 15) is 0 Å².